The predicted molar refractivity (Wildman–Crippen MR) is 90.3 cm³/mol. The van der Waals surface area contributed by atoms with Crippen LogP contribution in [0.25, 0.3) is 0 Å². The zero-order valence-corrected chi connectivity index (χ0v) is 14.2. The van der Waals surface area contributed by atoms with Gasteiger partial charge in [-0.05, 0) is 67.5 Å². The fourth-order valence-corrected chi connectivity index (χ4v) is 4.36. The molecule has 0 spiro atoms. The lowest BCUT2D eigenvalue weighted by molar-refractivity contribution is 0.171. The van der Waals surface area contributed by atoms with E-state index in [2.05, 4.69) is 43.6 Å². The first-order chi connectivity index (χ1) is 9.69. The van der Waals surface area contributed by atoms with Gasteiger partial charge in [0.2, 0.25) is 0 Å². The predicted octanol–water partition coefficient (Wildman–Crippen LogP) is 4.98. The molecule has 0 aromatic carbocycles. The Bertz CT molecular complexity index is 358. The number of rotatable bonds is 7. The monoisotopic (exact) mass is 293 g/mol. The van der Waals surface area contributed by atoms with Crippen LogP contribution >= 0.6 is 11.3 Å². The first kappa shape index (κ1) is 16.0. The molecule has 0 aliphatic heterocycles. The smallest absolute Gasteiger partial charge is 0.00480 e. The maximum Gasteiger partial charge on any atom is 0.00480 e. The van der Waals surface area contributed by atoms with Crippen LogP contribution in [0.1, 0.15) is 51.3 Å². The van der Waals surface area contributed by atoms with Crippen LogP contribution in [0.2, 0.25) is 0 Å². The van der Waals surface area contributed by atoms with E-state index >= 15 is 0 Å². The van der Waals surface area contributed by atoms with Gasteiger partial charge in [-0.3, -0.25) is 0 Å². The second-order valence-corrected chi connectivity index (χ2v) is 7.98. The molecule has 1 aromatic heterocycles. The van der Waals surface area contributed by atoms with Crippen molar-refractivity contribution in [3.8, 4) is 0 Å². The molecule has 3 atom stereocenters. The summed E-state index contributed by atoms with van der Waals surface area (Å²) in [6.45, 7) is 9.35. The highest BCUT2D eigenvalue weighted by Gasteiger charge is 2.29. The minimum Gasteiger partial charge on any atom is -0.316 e. The first-order valence-corrected chi connectivity index (χ1v) is 9.30. The molecule has 1 heterocycles. The van der Waals surface area contributed by atoms with Crippen LogP contribution in [0.5, 0.6) is 0 Å². The Labute approximate surface area is 129 Å². The Morgan fingerprint density at radius 2 is 2.15 bits per heavy atom. The van der Waals surface area contributed by atoms with Gasteiger partial charge in [0.1, 0.15) is 0 Å². The zero-order chi connectivity index (χ0) is 14.4. The number of nitrogens with one attached hydrogen (secondary N) is 1. The van der Waals surface area contributed by atoms with Crippen molar-refractivity contribution in [3.05, 3.63) is 22.4 Å². The number of hydrogen-bond donors (Lipinski definition) is 1. The van der Waals surface area contributed by atoms with Gasteiger partial charge < -0.3 is 5.32 Å². The summed E-state index contributed by atoms with van der Waals surface area (Å²) in [7, 11) is 0. The van der Waals surface area contributed by atoms with Gasteiger partial charge >= 0.3 is 0 Å². The summed E-state index contributed by atoms with van der Waals surface area (Å²) in [5, 5.41) is 5.92. The molecule has 2 heteroatoms. The SMILES string of the molecule is CCC1CCC(CNCC(C)C)C(Cc2cccs2)C1. The van der Waals surface area contributed by atoms with Gasteiger partial charge in [-0.2, -0.15) is 0 Å². The van der Waals surface area contributed by atoms with Crippen molar-refractivity contribution in [1.29, 1.82) is 0 Å². The van der Waals surface area contributed by atoms with Gasteiger partial charge in [0.25, 0.3) is 0 Å². The minimum atomic E-state index is 0.762. The van der Waals surface area contributed by atoms with E-state index in [9.17, 15) is 0 Å². The summed E-state index contributed by atoms with van der Waals surface area (Å²) < 4.78 is 0. The van der Waals surface area contributed by atoms with Crippen molar-refractivity contribution in [2.45, 2.75) is 52.9 Å². The molecule has 1 aliphatic carbocycles. The summed E-state index contributed by atoms with van der Waals surface area (Å²) in [5.74, 6) is 3.52. The lowest BCUT2D eigenvalue weighted by Crippen LogP contribution is -2.35. The van der Waals surface area contributed by atoms with Crippen LogP contribution in [0, 0.1) is 23.7 Å². The fraction of sp³-hybridized carbons (Fsp3) is 0.778. The Morgan fingerprint density at radius 1 is 1.30 bits per heavy atom. The zero-order valence-electron chi connectivity index (χ0n) is 13.4. The molecule has 0 amide bonds. The first-order valence-electron chi connectivity index (χ1n) is 8.42. The summed E-state index contributed by atoms with van der Waals surface area (Å²) in [5.41, 5.74) is 0. The normalized spacial score (nSPS) is 27.1. The number of hydrogen-bond acceptors (Lipinski definition) is 2. The molecule has 1 saturated carbocycles. The van der Waals surface area contributed by atoms with Crippen LogP contribution in [-0.2, 0) is 6.42 Å². The highest BCUT2D eigenvalue weighted by Crippen LogP contribution is 2.37. The molecule has 1 aromatic rings. The van der Waals surface area contributed by atoms with Crippen LogP contribution in [0.3, 0.4) is 0 Å². The third kappa shape index (κ3) is 4.89. The molecular formula is C18H31NS. The maximum absolute atomic E-state index is 3.70. The Hall–Kier alpha value is -0.340. The second-order valence-electron chi connectivity index (χ2n) is 6.94. The lowest BCUT2D eigenvalue weighted by atomic mass is 9.71. The van der Waals surface area contributed by atoms with Gasteiger partial charge in [-0.25, -0.2) is 0 Å². The van der Waals surface area contributed by atoms with E-state index in [0.717, 1.165) is 23.7 Å². The third-order valence-electron chi connectivity index (χ3n) is 4.83. The summed E-state index contributed by atoms with van der Waals surface area (Å²) in [4.78, 5) is 1.58. The lowest BCUT2D eigenvalue weighted by Gasteiger charge is -2.36. The maximum atomic E-state index is 3.70. The van der Waals surface area contributed by atoms with E-state index in [1.165, 1.54) is 45.2 Å². The van der Waals surface area contributed by atoms with Gasteiger partial charge in [0.15, 0.2) is 0 Å². The van der Waals surface area contributed by atoms with E-state index in [4.69, 9.17) is 0 Å². The van der Waals surface area contributed by atoms with E-state index in [1.807, 2.05) is 11.3 Å². The highest BCUT2D eigenvalue weighted by atomic mass is 32.1. The van der Waals surface area contributed by atoms with Gasteiger partial charge in [-0.1, -0.05) is 39.7 Å². The highest BCUT2D eigenvalue weighted by molar-refractivity contribution is 7.09. The van der Waals surface area contributed by atoms with Crippen molar-refractivity contribution >= 4 is 11.3 Å². The molecule has 0 radical (unpaired) electrons. The standard InChI is InChI=1S/C18H31NS/c1-4-15-7-8-16(13-19-12-14(2)3)17(10-15)11-18-6-5-9-20-18/h5-6,9,14-17,19H,4,7-8,10-13H2,1-3H3. The molecule has 3 unspecified atom stereocenters. The number of thiophene rings is 1. The van der Waals surface area contributed by atoms with Crippen LogP contribution < -0.4 is 5.32 Å². The van der Waals surface area contributed by atoms with Gasteiger partial charge in [0, 0.05) is 4.88 Å². The molecule has 1 N–H and O–H groups in total. The van der Waals surface area contributed by atoms with E-state index in [-0.39, 0.29) is 0 Å². The van der Waals surface area contributed by atoms with E-state index in [0.29, 0.717) is 0 Å². The second kappa shape index (κ2) is 8.19. The van der Waals surface area contributed by atoms with Crippen LogP contribution in [0.15, 0.2) is 17.5 Å². The van der Waals surface area contributed by atoms with E-state index in [1.54, 1.807) is 4.88 Å². The molecular weight excluding hydrogens is 262 g/mol. The van der Waals surface area contributed by atoms with Crippen molar-refractivity contribution in [3.63, 3.8) is 0 Å². The molecule has 114 valence electrons. The Morgan fingerprint density at radius 3 is 2.80 bits per heavy atom. The summed E-state index contributed by atoms with van der Waals surface area (Å²) >= 11 is 1.94. The molecule has 1 nitrogen and oxygen atoms in total. The van der Waals surface area contributed by atoms with Crippen molar-refractivity contribution in [2.24, 2.45) is 23.7 Å². The van der Waals surface area contributed by atoms with Crippen molar-refractivity contribution in [2.75, 3.05) is 13.1 Å². The molecule has 2 rings (SSSR count). The molecule has 1 fully saturated rings. The molecule has 0 saturated heterocycles. The third-order valence-corrected chi connectivity index (χ3v) is 5.73. The largest absolute Gasteiger partial charge is 0.316 e. The van der Waals surface area contributed by atoms with Crippen LogP contribution in [-0.4, -0.2) is 13.1 Å². The quantitative estimate of drug-likeness (QED) is 0.747. The Balaban J connectivity index is 1.89. The summed E-state index contributed by atoms with van der Waals surface area (Å²) in [6.07, 6.45) is 7.00. The fourth-order valence-electron chi connectivity index (χ4n) is 3.56. The van der Waals surface area contributed by atoms with Crippen molar-refractivity contribution < 1.29 is 0 Å². The minimum absolute atomic E-state index is 0.762. The average Bonchev–Trinajstić information content (AvgIpc) is 2.93. The topological polar surface area (TPSA) is 12.0 Å². The molecule has 20 heavy (non-hydrogen) atoms. The average molecular weight is 294 g/mol. The molecule has 1 aliphatic rings. The van der Waals surface area contributed by atoms with Gasteiger partial charge in [-0.15, -0.1) is 11.3 Å². The van der Waals surface area contributed by atoms with Crippen LogP contribution in [0.4, 0.5) is 0 Å². The van der Waals surface area contributed by atoms with Gasteiger partial charge in [0.05, 0.1) is 0 Å². The van der Waals surface area contributed by atoms with Crippen molar-refractivity contribution in [1.82, 2.24) is 5.32 Å². The van der Waals surface area contributed by atoms with E-state index < -0.39 is 0 Å². The Kier molecular flexibility index (Phi) is 6.57. The molecule has 0 bridgehead atoms. The summed E-state index contributed by atoms with van der Waals surface area (Å²) in [6, 6.07) is 4.52.